The lowest BCUT2D eigenvalue weighted by molar-refractivity contribution is -0.154. The molecule has 0 fully saturated rings. The minimum atomic E-state index is -4.41. The number of hydrogen-bond acceptors (Lipinski definition) is 4. The molecule has 3 N–H and O–H groups in total. The Kier molecular flexibility index (Phi) is 5.75. The summed E-state index contributed by atoms with van der Waals surface area (Å²) in [5.41, 5.74) is 6.06. The number of amides is 1. The van der Waals surface area contributed by atoms with Gasteiger partial charge in [-0.25, -0.2) is 4.98 Å². The Morgan fingerprint density at radius 3 is 2.85 bits per heavy atom. The van der Waals surface area contributed by atoms with E-state index in [1.165, 1.54) is 12.3 Å². The van der Waals surface area contributed by atoms with E-state index in [0.29, 0.717) is 5.56 Å². The third kappa shape index (κ3) is 6.93. The van der Waals surface area contributed by atoms with E-state index in [-0.39, 0.29) is 30.8 Å². The number of alkyl halides is 3. The highest BCUT2D eigenvalue weighted by atomic mass is 19.4. The zero-order valence-corrected chi connectivity index (χ0v) is 10.9. The van der Waals surface area contributed by atoms with Crippen molar-refractivity contribution in [2.24, 2.45) is 5.73 Å². The van der Waals surface area contributed by atoms with Crippen molar-refractivity contribution in [2.75, 3.05) is 6.61 Å². The van der Waals surface area contributed by atoms with Crippen LogP contribution in [0.3, 0.4) is 0 Å². The SMILES string of the molecule is CC(N)CC(=O)NCc1ccnc(OCC(F)(F)F)c1. The maximum absolute atomic E-state index is 12.0. The predicted molar refractivity (Wildman–Crippen MR) is 65.9 cm³/mol. The van der Waals surface area contributed by atoms with Gasteiger partial charge in [-0.05, 0) is 18.6 Å². The zero-order chi connectivity index (χ0) is 15.2. The van der Waals surface area contributed by atoms with Gasteiger partial charge in [-0.3, -0.25) is 4.79 Å². The molecule has 5 nitrogen and oxygen atoms in total. The molecule has 0 saturated carbocycles. The molecule has 1 heterocycles. The highest BCUT2D eigenvalue weighted by Crippen LogP contribution is 2.17. The molecule has 1 amide bonds. The summed E-state index contributed by atoms with van der Waals surface area (Å²) < 4.78 is 40.5. The van der Waals surface area contributed by atoms with Crippen molar-refractivity contribution in [2.45, 2.75) is 32.1 Å². The quantitative estimate of drug-likeness (QED) is 0.830. The van der Waals surface area contributed by atoms with Gasteiger partial charge in [0.1, 0.15) is 0 Å². The Hall–Kier alpha value is -1.83. The van der Waals surface area contributed by atoms with Crippen molar-refractivity contribution < 1.29 is 22.7 Å². The van der Waals surface area contributed by atoms with Crippen molar-refractivity contribution >= 4 is 5.91 Å². The first-order chi connectivity index (χ1) is 9.26. The first kappa shape index (κ1) is 16.2. The molecule has 0 aliphatic carbocycles. The van der Waals surface area contributed by atoms with E-state index in [2.05, 4.69) is 15.0 Å². The number of carbonyl (C=O) groups is 1. The number of nitrogens with zero attached hydrogens (tertiary/aromatic N) is 1. The Bertz CT molecular complexity index is 450. The second-order valence-electron chi connectivity index (χ2n) is 4.36. The van der Waals surface area contributed by atoms with Crippen molar-refractivity contribution in [3.63, 3.8) is 0 Å². The first-order valence-electron chi connectivity index (χ1n) is 5.93. The van der Waals surface area contributed by atoms with Crippen molar-refractivity contribution in [1.29, 1.82) is 0 Å². The normalized spacial score (nSPS) is 12.8. The smallest absolute Gasteiger partial charge is 0.422 e. The maximum Gasteiger partial charge on any atom is 0.422 e. The van der Waals surface area contributed by atoms with Crippen LogP contribution < -0.4 is 15.8 Å². The van der Waals surface area contributed by atoms with Crippen LogP contribution >= 0.6 is 0 Å². The second kappa shape index (κ2) is 7.09. The summed E-state index contributed by atoms with van der Waals surface area (Å²) >= 11 is 0. The number of halogens is 3. The average Bonchev–Trinajstić information content (AvgIpc) is 2.33. The fourth-order valence-electron chi connectivity index (χ4n) is 1.36. The Morgan fingerprint density at radius 1 is 1.55 bits per heavy atom. The number of aromatic nitrogens is 1. The summed E-state index contributed by atoms with van der Waals surface area (Å²) in [7, 11) is 0. The van der Waals surface area contributed by atoms with E-state index in [1.807, 2.05) is 0 Å². The van der Waals surface area contributed by atoms with E-state index in [0.717, 1.165) is 0 Å². The molecule has 1 unspecified atom stereocenters. The maximum atomic E-state index is 12.0. The molecule has 0 bridgehead atoms. The summed E-state index contributed by atoms with van der Waals surface area (Å²) in [5, 5.41) is 2.61. The van der Waals surface area contributed by atoms with E-state index >= 15 is 0 Å². The van der Waals surface area contributed by atoms with Gasteiger partial charge in [0.05, 0.1) is 0 Å². The molecular weight excluding hydrogens is 275 g/mol. The Morgan fingerprint density at radius 2 is 2.25 bits per heavy atom. The number of nitrogens with two attached hydrogens (primary N) is 1. The average molecular weight is 291 g/mol. The van der Waals surface area contributed by atoms with Crippen molar-refractivity contribution in [1.82, 2.24) is 10.3 Å². The van der Waals surface area contributed by atoms with E-state index in [4.69, 9.17) is 5.73 Å². The van der Waals surface area contributed by atoms with Crippen LogP contribution in [0.5, 0.6) is 5.88 Å². The molecule has 0 saturated heterocycles. The van der Waals surface area contributed by atoms with Crippen molar-refractivity contribution in [3.8, 4) is 5.88 Å². The molecule has 0 aromatic carbocycles. The molecule has 1 aromatic rings. The summed E-state index contributed by atoms with van der Waals surface area (Å²) in [6.45, 7) is 0.478. The number of rotatable bonds is 6. The number of nitrogens with one attached hydrogen (secondary N) is 1. The zero-order valence-electron chi connectivity index (χ0n) is 10.9. The fraction of sp³-hybridized carbons (Fsp3) is 0.500. The molecule has 1 aromatic heterocycles. The highest BCUT2D eigenvalue weighted by molar-refractivity contribution is 5.76. The molecular formula is C12H16F3N3O2. The van der Waals surface area contributed by atoms with Crippen LogP contribution in [-0.4, -0.2) is 29.7 Å². The molecule has 1 atom stereocenters. The summed E-state index contributed by atoms with van der Waals surface area (Å²) in [6.07, 6.45) is -2.91. The van der Waals surface area contributed by atoms with Gasteiger partial charge in [0, 0.05) is 31.3 Å². The monoisotopic (exact) mass is 291 g/mol. The molecule has 8 heteroatoms. The fourth-order valence-corrected chi connectivity index (χ4v) is 1.36. The minimum absolute atomic E-state index is 0.138. The summed E-state index contributed by atoms with van der Waals surface area (Å²) in [5.74, 6) is -0.365. The van der Waals surface area contributed by atoms with Gasteiger partial charge in [0.2, 0.25) is 11.8 Å². The molecule has 0 aliphatic rings. The van der Waals surface area contributed by atoms with Gasteiger partial charge >= 0.3 is 6.18 Å². The van der Waals surface area contributed by atoms with Gasteiger partial charge < -0.3 is 15.8 Å². The molecule has 20 heavy (non-hydrogen) atoms. The van der Waals surface area contributed by atoms with Crippen LogP contribution in [0.25, 0.3) is 0 Å². The summed E-state index contributed by atoms with van der Waals surface area (Å²) in [6, 6.07) is 2.67. The molecule has 112 valence electrons. The lowest BCUT2D eigenvalue weighted by Crippen LogP contribution is -2.29. The van der Waals surface area contributed by atoms with E-state index < -0.39 is 12.8 Å². The lowest BCUT2D eigenvalue weighted by Gasteiger charge is -2.10. The highest BCUT2D eigenvalue weighted by Gasteiger charge is 2.28. The third-order valence-electron chi connectivity index (χ3n) is 2.18. The van der Waals surface area contributed by atoms with Gasteiger partial charge in [-0.15, -0.1) is 0 Å². The van der Waals surface area contributed by atoms with Gasteiger partial charge in [-0.1, -0.05) is 0 Å². The Balaban J connectivity index is 2.49. The first-order valence-corrected chi connectivity index (χ1v) is 5.93. The lowest BCUT2D eigenvalue weighted by atomic mass is 10.2. The van der Waals surface area contributed by atoms with Crippen LogP contribution in [0, 0.1) is 0 Å². The molecule has 1 rings (SSSR count). The standard InChI is InChI=1S/C12H16F3N3O2/c1-8(16)4-10(19)18-6-9-2-3-17-11(5-9)20-7-12(13,14)15/h2-3,5,8H,4,6-7,16H2,1H3,(H,18,19). The van der Waals surface area contributed by atoms with E-state index in [1.54, 1.807) is 13.0 Å². The third-order valence-corrected chi connectivity index (χ3v) is 2.18. The van der Waals surface area contributed by atoms with Gasteiger partial charge in [0.25, 0.3) is 0 Å². The topological polar surface area (TPSA) is 77.2 Å². The van der Waals surface area contributed by atoms with Crippen LogP contribution in [0.4, 0.5) is 13.2 Å². The minimum Gasteiger partial charge on any atom is -0.468 e. The van der Waals surface area contributed by atoms with Crippen LogP contribution in [0.1, 0.15) is 18.9 Å². The number of hydrogen-bond donors (Lipinski definition) is 2. The van der Waals surface area contributed by atoms with Crippen LogP contribution in [0.15, 0.2) is 18.3 Å². The van der Waals surface area contributed by atoms with Crippen LogP contribution in [0.2, 0.25) is 0 Å². The van der Waals surface area contributed by atoms with Gasteiger partial charge in [-0.2, -0.15) is 13.2 Å². The second-order valence-corrected chi connectivity index (χ2v) is 4.36. The van der Waals surface area contributed by atoms with Gasteiger partial charge in [0.15, 0.2) is 6.61 Å². The predicted octanol–water partition coefficient (Wildman–Crippen LogP) is 1.38. The number of ether oxygens (including phenoxy) is 1. The largest absolute Gasteiger partial charge is 0.468 e. The number of pyridine rings is 1. The van der Waals surface area contributed by atoms with Crippen LogP contribution in [-0.2, 0) is 11.3 Å². The van der Waals surface area contributed by atoms with Crippen molar-refractivity contribution in [3.05, 3.63) is 23.9 Å². The number of carbonyl (C=O) groups excluding carboxylic acids is 1. The Labute approximate surface area is 114 Å². The van der Waals surface area contributed by atoms with E-state index in [9.17, 15) is 18.0 Å². The molecule has 0 aliphatic heterocycles. The summed E-state index contributed by atoms with van der Waals surface area (Å²) in [4.78, 5) is 15.0. The molecule has 0 radical (unpaired) electrons. The molecule has 0 spiro atoms.